The Bertz CT molecular complexity index is 774. The summed E-state index contributed by atoms with van der Waals surface area (Å²) in [5.41, 5.74) is 0.0889. The fraction of sp³-hybridized carbons (Fsp3) is 0.474. The van der Waals surface area contributed by atoms with Gasteiger partial charge in [-0.3, -0.25) is 14.4 Å². The monoisotopic (exact) mass is 390 g/mol. The van der Waals surface area contributed by atoms with Gasteiger partial charge in [0.2, 0.25) is 11.8 Å². The molecule has 1 N–H and O–H groups in total. The summed E-state index contributed by atoms with van der Waals surface area (Å²) in [6.07, 6.45) is 0.163. The van der Waals surface area contributed by atoms with Crippen LogP contribution in [0.1, 0.15) is 26.3 Å². The van der Waals surface area contributed by atoms with Crippen molar-refractivity contribution in [1.29, 1.82) is 0 Å². The standard InChI is InChI=1S/C19H22N2O5S/c1-19(2,3)26-18(25)15-12(22)10-27-17-14(16(24)21(15)17)20-13(23)9-11-7-5-4-6-8-11/h4-8,14-15,17H,9-10H2,1-3H3,(H,20,23)/t14?,15?,17-/m0/s1. The van der Waals surface area contributed by atoms with Gasteiger partial charge in [-0.1, -0.05) is 30.3 Å². The Kier molecular flexibility index (Phi) is 5.28. The number of ether oxygens (including phenoxy) is 1. The largest absolute Gasteiger partial charge is 0.458 e. The summed E-state index contributed by atoms with van der Waals surface area (Å²) >= 11 is 1.25. The van der Waals surface area contributed by atoms with Crippen LogP contribution in [0.3, 0.4) is 0 Å². The maximum atomic E-state index is 12.5. The van der Waals surface area contributed by atoms with E-state index >= 15 is 0 Å². The van der Waals surface area contributed by atoms with Gasteiger partial charge in [0.05, 0.1) is 12.2 Å². The van der Waals surface area contributed by atoms with Crippen LogP contribution < -0.4 is 5.32 Å². The molecule has 1 aromatic carbocycles. The van der Waals surface area contributed by atoms with Crippen molar-refractivity contribution in [3.8, 4) is 0 Å². The molecular weight excluding hydrogens is 368 g/mol. The number of fused-ring (bicyclic) bond motifs is 1. The quantitative estimate of drug-likeness (QED) is 0.467. The summed E-state index contributed by atoms with van der Waals surface area (Å²) in [4.78, 5) is 50.7. The minimum Gasteiger partial charge on any atom is -0.458 e. The van der Waals surface area contributed by atoms with Crippen LogP contribution in [0.15, 0.2) is 30.3 Å². The third kappa shape index (κ3) is 4.16. The van der Waals surface area contributed by atoms with Gasteiger partial charge in [-0.2, -0.15) is 0 Å². The summed E-state index contributed by atoms with van der Waals surface area (Å²) in [7, 11) is 0. The number of hydrogen-bond acceptors (Lipinski definition) is 6. The summed E-state index contributed by atoms with van der Waals surface area (Å²) in [6, 6.07) is 7.25. The van der Waals surface area contributed by atoms with E-state index in [2.05, 4.69) is 5.32 Å². The summed E-state index contributed by atoms with van der Waals surface area (Å²) in [5.74, 6) is -1.68. The number of β-lactam (4-membered cyclic amide) rings is 1. The predicted molar refractivity (Wildman–Crippen MR) is 99.8 cm³/mol. The number of carbonyl (C=O) groups excluding carboxylic acids is 4. The third-order valence-corrected chi connectivity index (χ3v) is 5.51. The molecule has 0 aliphatic carbocycles. The predicted octanol–water partition coefficient (Wildman–Crippen LogP) is 0.908. The molecule has 0 radical (unpaired) electrons. The smallest absolute Gasteiger partial charge is 0.337 e. The van der Waals surface area contributed by atoms with Crippen LogP contribution in [0.4, 0.5) is 0 Å². The molecule has 2 heterocycles. The first-order valence-electron chi connectivity index (χ1n) is 8.70. The van der Waals surface area contributed by atoms with Gasteiger partial charge >= 0.3 is 5.97 Å². The number of esters is 1. The Morgan fingerprint density at radius 3 is 2.52 bits per heavy atom. The number of ketones is 1. The average Bonchev–Trinajstić information content (AvgIpc) is 2.58. The van der Waals surface area contributed by atoms with Crippen LogP contribution in [-0.4, -0.2) is 57.3 Å². The molecule has 0 spiro atoms. The van der Waals surface area contributed by atoms with E-state index in [0.717, 1.165) is 5.56 Å². The van der Waals surface area contributed by atoms with Crippen LogP contribution in [0, 0.1) is 0 Å². The summed E-state index contributed by atoms with van der Waals surface area (Å²) < 4.78 is 5.29. The molecule has 0 saturated carbocycles. The average molecular weight is 390 g/mol. The lowest BCUT2D eigenvalue weighted by molar-refractivity contribution is -0.174. The topological polar surface area (TPSA) is 92.8 Å². The van der Waals surface area contributed by atoms with Gasteiger partial charge < -0.3 is 15.0 Å². The Hall–Kier alpha value is -2.35. The van der Waals surface area contributed by atoms with Crippen molar-refractivity contribution in [3.05, 3.63) is 35.9 Å². The van der Waals surface area contributed by atoms with Gasteiger partial charge in [-0.25, -0.2) is 4.79 Å². The number of thioether (sulfide) groups is 1. The second-order valence-corrected chi connectivity index (χ2v) is 8.66. The van der Waals surface area contributed by atoms with E-state index < -0.39 is 34.9 Å². The minimum absolute atomic E-state index is 0.101. The van der Waals surface area contributed by atoms with Gasteiger partial charge in [0.25, 0.3) is 0 Å². The number of nitrogens with one attached hydrogen (secondary N) is 1. The lowest BCUT2D eigenvalue weighted by Gasteiger charge is -2.51. The van der Waals surface area contributed by atoms with E-state index in [0.29, 0.717) is 0 Å². The van der Waals surface area contributed by atoms with E-state index in [1.165, 1.54) is 16.7 Å². The zero-order valence-corrected chi connectivity index (χ0v) is 16.2. The van der Waals surface area contributed by atoms with Crippen molar-refractivity contribution in [3.63, 3.8) is 0 Å². The van der Waals surface area contributed by atoms with E-state index in [1.54, 1.807) is 20.8 Å². The molecule has 0 aromatic heterocycles. The van der Waals surface area contributed by atoms with Gasteiger partial charge in [0.15, 0.2) is 11.8 Å². The lowest BCUT2D eigenvalue weighted by Crippen LogP contribution is -2.76. The maximum Gasteiger partial charge on any atom is 0.337 e. The molecule has 0 bridgehead atoms. The minimum atomic E-state index is -1.23. The van der Waals surface area contributed by atoms with E-state index in [-0.39, 0.29) is 23.9 Å². The molecule has 2 amide bonds. The second kappa shape index (κ2) is 7.34. The number of Topliss-reactive ketones (excluding diaryl/α,β-unsaturated/α-hetero) is 1. The number of hydrogen-bond donors (Lipinski definition) is 1. The fourth-order valence-corrected chi connectivity index (χ4v) is 4.34. The van der Waals surface area contributed by atoms with Gasteiger partial charge in [-0.15, -0.1) is 11.8 Å². The van der Waals surface area contributed by atoms with Crippen molar-refractivity contribution in [2.45, 2.75) is 50.3 Å². The molecule has 1 aromatic rings. The highest BCUT2D eigenvalue weighted by Gasteiger charge is 2.58. The Morgan fingerprint density at radius 2 is 1.89 bits per heavy atom. The first kappa shape index (κ1) is 19.4. The number of rotatable bonds is 4. The normalized spacial score (nSPS) is 24.7. The Morgan fingerprint density at radius 1 is 1.22 bits per heavy atom. The fourth-order valence-electron chi connectivity index (χ4n) is 3.08. The van der Waals surface area contributed by atoms with Gasteiger partial charge in [0.1, 0.15) is 17.0 Å². The van der Waals surface area contributed by atoms with E-state index in [9.17, 15) is 19.2 Å². The molecule has 2 fully saturated rings. The highest BCUT2D eigenvalue weighted by Crippen LogP contribution is 2.37. The highest BCUT2D eigenvalue weighted by molar-refractivity contribution is 8.00. The van der Waals surface area contributed by atoms with Gasteiger partial charge in [0, 0.05) is 0 Å². The zero-order chi connectivity index (χ0) is 19.8. The first-order valence-corrected chi connectivity index (χ1v) is 9.75. The van der Waals surface area contributed by atoms with Crippen molar-refractivity contribution in [2.75, 3.05) is 5.75 Å². The van der Waals surface area contributed by atoms with Crippen LogP contribution in [0.5, 0.6) is 0 Å². The molecule has 2 unspecified atom stereocenters. The number of nitrogens with zero attached hydrogens (tertiary/aromatic N) is 1. The number of amides is 2. The highest BCUT2D eigenvalue weighted by atomic mass is 32.2. The number of carbonyl (C=O) groups is 4. The molecule has 3 atom stereocenters. The lowest BCUT2D eigenvalue weighted by atomic mass is 9.99. The molecule has 2 saturated heterocycles. The Labute approximate surface area is 161 Å². The van der Waals surface area contributed by atoms with Crippen LogP contribution in [0.25, 0.3) is 0 Å². The maximum absolute atomic E-state index is 12.5. The van der Waals surface area contributed by atoms with Crippen molar-refractivity contribution < 1.29 is 23.9 Å². The molecule has 7 nitrogen and oxygen atoms in total. The molecule has 144 valence electrons. The first-order chi connectivity index (χ1) is 12.7. The third-order valence-electron chi connectivity index (χ3n) is 4.21. The van der Waals surface area contributed by atoms with Crippen molar-refractivity contribution >= 4 is 35.3 Å². The van der Waals surface area contributed by atoms with Gasteiger partial charge in [-0.05, 0) is 26.3 Å². The van der Waals surface area contributed by atoms with E-state index in [1.807, 2.05) is 30.3 Å². The molecule has 27 heavy (non-hydrogen) atoms. The number of benzene rings is 1. The van der Waals surface area contributed by atoms with Crippen LogP contribution in [-0.2, 0) is 30.3 Å². The molecule has 2 aliphatic heterocycles. The Balaban J connectivity index is 1.65. The molecule has 2 aliphatic rings. The van der Waals surface area contributed by atoms with Crippen LogP contribution in [0.2, 0.25) is 0 Å². The van der Waals surface area contributed by atoms with Crippen LogP contribution >= 0.6 is 11.8 Å². The molecule has 8 heteroatoms. The SMILES string of the molecule is CC(C)(C)OC(=O)C1C(=O)CS[C@H]2C(NC(=O)Cc3ccccc3)C(=O)N12. The van der Waals surface area contributed by atoms with Crippen molar-refractivity contribution in [1.82, 2.24) is 10.2 Å². The van der Waals surface area contributed by atoms with E-state index in [4.69, 9.17) is 4.74 Å². The summed E-state index contributed by atoms with van der Waals surface area (Å²) in [6.45, 7) is 5.11. The molecular formula is C19H22N2O5S. The van der Waals surface area contributed by atoms with Crippen molar-refractivity contribution in [2.24, 2.45) is 0 Å². The second-order valence-electron chi connectivity index (χ2n) is 7.56. The zero-order valence-electron chi connectivity index (χ0n) is 15.4. The molecule has 3 rings (SSSR count). The summed E-state index contributed by atoms with van der Waals surface area (Å²) in [5, 5.41) is 2.28.